The van der Waals surface area contributed by atoms with E-state index in [1.807, 2.05) is 48.5 Å². The maximum Gasteiger partial charge on any atom is 0.248 e. The summed E-state index contributed by atoms with van der Waals surface area (Å²) in [4.78, 5) is 0. The first-order chi connectivity index (χ1) is 13.7. The molecule has 0 amide bonds. The second kappa shape index (κ2) is 7.48. The molecule has 1 heterocycles. The van der Waals surface area contributed by atoms with Gasteiger partial charge >= 0.3 is 0 Å². The fourth-order valence-corrected chi connectivity index (χ4v) is 3.23. The predicted octanol–water partition coefficient (Wildman–Crippen LogP) is 5.58. The summed E-state index contributed by atoms with van der Waals surface area (Å²) in [6.07, 6.45) is 0. The third kappa shape index (κ3) is 3.55. The van der Waals surface area contributed by atoms with Gasteiger partial charge in [0.25, 0.3) is 0 Å². The van der Waals surface area contributed by atoms with Crippen LogP contribution in [-0.4, -0.2) is 10.2 Å². The van der Waals surface area contributed by atoms with E-state index in [0.717, 1.165) is 26.7 Å². The Labute approximate surface area is 169 Å². The van der Waals surface area contributed by atoms with Crippen molar-refractivity contribution in [2.24, 2.45) is 0 Å². The number of halogens is 1. The monoisotopic (exact) mass is 426 g/mol. The van der Waals surface area contributed by atoms with Gasteiger partial charge in [0.05, 0.1) is 23.3 Å². The van der Waals surface area contributed by atoms with Gasteiger partial charge < -0.3 is 4.42 Å². The molecule has 28 heavy (non-hydrogen) atoms. The molecule has 0 N–H and O–H groups in total. The van der Waals surface area contributed by atoms with Gasteiger partial charge in [-0.1, -0.05) is 34.1 Å². The highest BCUT2D eigenvalue weighted by Crippen LogP contribution is 2.29. The molecule has 0 unspecified atom stereocenters. The summed E-state index contributed by atoms with van der Waals surface area (Å²) in [7, 11) is 0. The van der Waals surface area contributed by atoms with Crippen molar-refractivity contribution in [3.8, 4) is 46.2 Å². The highest BCUT2D eigenvalue weighted by molar-refractivity contribution is 9.10. The van der Waals surface area contributed by atoms with E-state index in [2.05, 4.69) is 38.3 Å². The Morgan fingerprint density at radius 3 is 1.86 bits per heavy atom. The standard InChI is InChI=1S/C22H11BrN4O/c23-20-6-2-5-18(11-20)22-27-26-21(28-22)17-4-1-3-16(10-17)19-8-14(12-24)7-15(9-19)13-25/h1-11H. The molecule has 0 saturated heterocycles. The molecule has 0 spiro atoms. The molecule has 0 bridgehead atoms. The highest BCUT2D eigenvalue weighted by Gasteiger charge is 2.12. The summed E-state index contributed by atoms with van der Waals surface area (Å²) in [5.41, 5.74) is 4.10. The summed E-state index contributed by atoms with van der Waals surface area (Å²) in [6, 6.07) is 24.4. The lowest BCUT2D eigenvalue weighted by atomic mass is 9.99. The molecule has 0 saturated carbocycles. The van der Waals surface area contributed by atoms with Crippen molar-refractivity contribution < 1.29 is 4.42 Å². The third-order valence-electron chi connectivity index (χ3n) is 4.13. The lowest BCUT2D eigenvalue weighted by molar-refractivity contribution is 0.584. The molecular formula is C22H11BrN4O. The number of hydrogen-bond acceptors (Lipinski definition) is 5. The summed E-state index contributed by atoms with van der Waals surface area (Å²) in [5, 5.41) is 26.7. The van der Waals surface area contributed by atoms with Crippen molar-refractivity contribution in [1.82, 2.24) is 10.2 Å². The molecule has 0 radical (unpaired) electrons. The lowest BCUT2D eigenvalue weighted by Gasteiger charge is -2.05. The van der Waals surface area contributed by atoms with Crippen LogP contribution in [0.15, 0.2) is 75.6 Å². The fraction of sp³-hybridized carbons (Fsp3) is 0. The number of nitriles is 2. The minimum absolute atomic E-state index is 0.397. The van der Waals surface area contributed by atoms with Gasteiger partial charge in [0.15, 0.2) is 0 Å². The summed E-state index contributed by atoms with van der Waals surface area (Å²) < 4.78 is 6.77. The van der Waals surface area contributed by atoms with Crippen LogP contribution in [-0.2, 0) is 0 Å². The van der Waals surface area contributed by atoms with E-state index >= 15 is 0 Å². The summed E-state index contributed by atoms with van der Waals surface area (Å²) in [6.45, 7) is 0. The van der Waals surface area contributed by atoms with E-state index in [9.17, 15) is 10.5 Å². The fourth-order valence-electron chi connectivity index (χ4n) is 2.83. The second-order valence-corrected chi connectivity index (χ2v) is 6.94. The topological polar surface area (TPSA) is 86.5 Å². The number of hydrogen-bond donors (Lipinski definition) is 0. The number of aromatic nitrogens is 2. The molecule has 1 aromatic heterocycles. The van der Waals surface area contributed by atoms with E-state index < -0.39 is 0 Å². The first-order valence-corrected chi connectivity index (χ1v) is 9.11. The minimum atomic E-state index is 0.397. The van der Waals surface area contributed by atoms with E-state index in [4.69, 9.17) is 4.42 Å². The zero-order valence-electron chi connectivity index (χ0n) is 14.4. The van der Waals surface area contributed by atoms with Crippen LogP contribution in [0.3, 0.4) is 0 Å². The summed E-state index contributed by atoms with van der Waals surface area (Å²) >= 11 is 3.43. The van der Waals surface area contributed by atoms with Crippen LogP contribution in [0.4, 0.5) is 0 Å². The first-order valence-electron chi connectivity index (χ1n) is 8.32. The Kier molecular flexibility index (Phi) is 4.72. The van der Waals surface area contributed by atoms with Gasteiger partial charge in [0.1, 0.15) is 0 Å². The Hall–Kier alpha value is -3.74. The average molecular weight is 427 g/mol. The van der Waals surface area contributed by atoms with E-state index in [1.54, 1.807) is 18.2 Å². The maximum absolute atomic E-state index is 9.20. The van der Waals surface area contributed by atoms with Crippen LogP contribution in [0.2, 0.25) is 0 Å². The van der Waals surface area contributed by atoms with Crippen LogP contribution < -0.4 is 0 Å². The van der Waals surface area contributed by atoms with Crippen LogP contribution in [0, 0.1) is 22.7 Å². The molecule has 132 valence electrons. The van der Waals surface area contributed by atoms with Crippen molar-refractivity contribution in [2.45, 2.75) is 0 Å². The first kappa shape index (κ1) is 17.7. The number of nitrogens with zero attached hydrogens (tertiary/aromatic N) is 4. The quantitative estimate of drug-likeness (QED) is 0.426. The van der Waals surface area contributed by atoms with Gasteiger partial charge in [0, 0.05) is 15.6 Å². The molecule has 0 atom stereocenters. The molecule has 6 heteroatoms. The van der Waals surface area contributed by atoms with E-state index in [1.165, 1.54) is 0 Å². The third-order valence-corrected chi connectivity index (χ3v) is 4.62. The van der Waals surface area contributed by atoms with Crippen LogP contribution in [0.25, 0.3) is 34.0 Å². The van der Waals surface area contributed by atoms with Crippen LogP contribution >= 0.6 is 15.9 Å². The maximum atomic E-state index is 9.20. The highest BCUT2D eigenvalue weighted by atomic mass is 79.9. The largest absolute Gasteiger partial charge is 0.416 e. The number of rotatable bonds is 3. The minimum Gasteiger partial charge on any atom is -0.416 e. The Balaban J connectivity index is 1.73. The van der Waals surface area contributed by atoms with Gasteiger partial charge in [-0.25, -0.2) is 0 Å². The average Bonchev–Trinajstić information content (AvgIpc) is 3.24. The van der Waals surface area contributed by atoms with E-state index in [0.29, 0.717) is 22.9 Å². The van der Waals surface area contributed by atoms with Gasteiger partial charge in [0.2, 0.25) is 11.8 Å². The van der Waals surface area contributed by atoms with Crippen LogP contribution in [0.5, 0.6) is 0 Å². The molecule has 0 aliphatic heterocycles. The summed E-state index contributed by atoms with van der Waals surface area (Å²) in [5.74, 6) is 0.828. The molecule has 4 aromatic rings. The molecule has 0 fully saturated rings. The Morgan fingerprint density at radius 1 is 0.679 bits per heavy atom. The molecule has 3 aromatic carbocycles. The molecule has 5 nitrogen and oxygen atoms in total. The SMILES string of the molecule is N#Cc1cc(C#N)cc(-c2cccc(-c3nnc(-c4cccc(Br)c4)o3)c2)c1. The van der Waals surface area contributed by atoms with Crippen LogP contribution in [0.1, 0.15) is 11.1 Å². The van der Waals surface area contributed by atoms with Crippen molar-refractivity contribution in [3.63, 3.8) is 0 Å². The van der Waals surface area contributed by atoms with Crippen molar-refractivity contribution in [1.29, 1.82) is 10.5 Å². The molecule has 0 aliphatic carbocycles. The predicted molar refractivity (Wildman–Crippen MR) is 108 cm³/mol. The van der Waals surface area contributed by atoms with Gasteiger partial charge in [-0.2, -0.15) is 10.5 Å². The number of benzene rings is 3. The lowest BCUT2D eigenvalue weighted by Crippen LogP contribution is -1.86. The van der Waals surface area contributed by atoms with Gasteiger partial charge in [-0.15, -0.1) is 10.2 Å². The van der Waals surface area contributed by atoms with Crippen molar-refractivity contribution in [2.75, 3.05) is 0 Å². The Morgan fingerprint density at radius 2 is 1.25 bits per heavy atom. The zero-order chi connectivity index (χ0) is 19.5. The molecular weight excluding hydrogens is 416 g/mol. The van der Waals surface area contributed by atoms with Gasteiger partial charge in [-0.3, -0.25) is 0 Å². The zero-order valence-corrected chi connectivity index (χ0v) is 16.0. The molecule has 4 rings (SSSR count). The normalized spacial score (nSPS) is 10.2. The second-order valence-electron chi connectivity index (χ2n) is 6.03. The van der Waals surface area contributed by atoms with Crippen molar-refractivity contribution >= 4 is 15.9 Å². The van der Waals surface area contributed by atoms with Gasteiger partial charge in [-0.05, 0) is 59.7 Å². The molecule has 0 aliphatic rings. The Bertz CT molecular complexity index is 1230. The smallest absolute Gasteiger partial charge is 0.248 e. The van der Waals surface area contributed by atoms with E-state index in [-0.39, 0.29) is 0 Å². The van der Waals surface area contributed by atoms with Crippen molar-refractivity contribution in [3.05, 3.63) is 82.3 Å².